The third-order valence-electron chi connectivity index (χ3n) is 4.54. The normalized spacial score (nSPS) is 11.0. The minimum atomic E-state index is -0.0883. The molecule has 0 saturated carbocycles. The molecular formula is C25H23NO2. The number of ketones is 2. The molecule has 3 aromatic rings. The van der Waals surface area contributed by atoms with Crippen LogP contribution >= 0.6 is 0 Å². The highest BCUT2D eigenvalue weighted by Gasteiger charge is 2.12. The van der Waals surface area contributed by atoms with Crippen LogP contribution in [-0.4, -0.2) is 11.6 Å². The van der Waals surface area contributed by atoms with Gasteiger partial charge in [0, 0.05) is 34.7 Å². The quantitative estimate of drug-likeness (QED) is 0.420. The lowest BCUT2D eigenvalue weighted by atomic mass is 10.0. The van der Waals surface area contributed by atoms with Crippen LogP contribution in [0.1, 0.15) is 51.6 Å². The first-order valence-corrected chi connectivity index (χ1v) is 9.32. The van der Waals surface area contributed by atoms with E-state index in [-0.39, 0.29) is 11.6 Å². The van der Waals surface area contributed by atoms with Gasteiger partial charge in [0.2, 0.25) is 0 Å². The molecule has 0 spiro atoms. The zero-order valence-corrected chi connectivity index (χ0v) is 16.1. The first kappa shape index (κ1) is 19.3. The van der Waals surface area contributed by atoms with Crippen molar-refractivity contribution in [1.82, 2.24) is 0 Å². The summed E-state index contributed by atoms with van der Waals surface area (Å²) in [5, 5.41) is 3.07. The van der Waals surface area contributed by atoms with Crippen molar-refractivity contribution in [2.75, 3.05) is 5.32 Å². The Morgan fingerprint density at radius 1 is 0.786 bits per heavy atom. The molecule has 0 fully saturated rings. The van der Waals surface area contributed by atoms with E-state index < -0.39 is 0 Å². The lowest BCUT2D eigenvalue weighted by Crippen LogP contribution is -2.05. The molecule has 28 heavy (non-hydrogen) atoms. The molecule has 0 saturated heterocycles. The summed E-state index contributed by atoms with van der Waals surface area (Å²) >= 11 is 0. The molecule has 0 heterocycles. The zero-order valence-electron chi connectivity index (χ0n) is 16.1. The van der Waals surface area contributed by atoms with Crippen molar-refractivity contribution < 1.29 is 9.59 Å². The fourth-order valence-electron chi connectivity index (χ4n) is 2.89. The van der Waals surface area contributed by atoms with Crippen molar-refractivity contribution in [3.05, 3.63) is 113 Å². The van der Waals surface area contributed by atoms with Crippen molar-refractivity contribution in [3.8, 4) is 0 Å². The van der Waals surface area contributed by atoms with Gasteiger partial charge in [0.15, 0.2) is 11.6 Å². The molecule has 3 aromatic carbocycles. The second-order valence-corrected chi connectivity index (χ2v) is 6.86. The second-order valence-electron chi connectivity index (χ2n) is 6.86. The minimum absolute atomic E-state index is 0.0623. The van der Waals surface area contributed by atoms with Crippen LogP contribution in [0.5, 0.6) is 0 Å². The van der Waals surface area contributed by atoms with Crippen LogP contribution in [-0.2, 0) is 0 Å². The Morgan fingerprint density at radius 3 is 2.11 bits per heavy atom. The highest BCUT2D eigenvalue weighted by Crippen LogP contribution is 2.19. The standard InChI is InChI=1S/C25H23NO2/c1-18(2)19-12-14-20(15-13-19)24(27)16-17-26-23-11-7-6-10-22(23)25(28)21-8-4-3-5-9-21/h3-18,26H,1-2H3/b17-16+. The summed E-state index contributed by atoms with van der Waals surface area (Å²) in [6, 6.07) is 24.1. The number of hydrogen-bond donors (Lipinski definition) is 1. The average Bonchev–Trinajstić information content (AvgIpc) is 2.74. The number of para-hydroxylation sites is 1. The van der Waals surface area contributed by atoms with Gasteiger partial charge in [-0.05, 0) is 23.6 Å². The van der Waals surface area contributed by atoms with Gasteiger partial charge < -0.3 is 5.32 Å². The summed E-state index contributed by atoms with van der Waals surface area (Å²) < 4.78 is 0. The summed E-state index contributed by atoms with van der Waals surface area (Å²) in [7, 11) is 0. The topological polar surface area (TPSA) is 46.2 Å². The molecule has 0 radical (unpaired) electrons. The molecule has 140 valence electrons. The summed E-state index contributed by atoms with van der Waals surface area (Å²) in [5.41, 5.74) is 3.69. The maximum Gasteiger partial charge on any atom is 0.195 e. The smallest absolute Gasteiger partial charge is 0.195 e. The van der Waals surface area contributed by atoms with Crippen LogP contribution in [0.4, 0.5) is 5.69 Å². The molecule has 0 unspecified atom stereocenters. The molecule has 3 heteroatoms. The van der Waals surface area contributed by atoms with Crippen molar-refractivity contribution in [1.29, 1.82) is 0 Å². The van der Waals surface area contributed by atoms with Gasteiger partial charge >= 0.3 is 0 Å². The summed E-state index contributed by atoms with van der Waals surface area (Å²) in [5.74, 6) is 0.280. The Balaban J connectivity index is 1.72. The Morgan fingerprint density at radius 2 is 1.43 bits per heavy atom. The molecule has 0 atom stereocenters. The van der Waals surface area contributed by atoms with E-state index in [9.17, 15) is 9.59 Å². The Labute approximate surface area is 165 Å². The fraction of sp³-hybridized carbons (Fsp3) is 0.120. The monoisotopic (exact) mass is 369 g/mol. The van der Waals surface area contributed by atoms with Gasteiger partial charge in [-0.1, -0.05) is 80.6 Å². The molecule has 3 nitrogen and oxygen atoms in total. The molecule has 3 rings (SSSR count). The lowest BCUT2D eigenvalue weighted by molar-refractivity contribution is 0.103. The number of carbonyl (C=O) groups is 2. The van der Waals surface area contributed by atoms with E-state index in [4.69, 9.17) is 0 Å². The molecule has 0 aliphatic rings. The molecule has 1 N–H and O–H groups in total. The zero-order chi connectivity index (χ0) is 19.9. The van der Waals surface area contributed by atoms with Gasteiger partial charge in [0.25, 0.3) is 0 Å². The third-order valence-corrected chi connectivity index (χ3v) is 4.54. The number of anilines is 1. The largest absolute Gasteiger partial charge is 0.361 e. The third kappa shape index (κ3) is 4.63. The molecule has 0 aromatic heterocycles. The molecule has 0 aliphatic carbocycles. The van der Waals surface area contributed by atoms with Gasteiger partial charge in [0.05, 0.1) is 0 Å². The summed E-state index contributed by atoms with van der Waals surface area (Å²) in [4.78, 5) is 25.1. The molecule has 0 aliphatic heterocycles. The van der Waals surface area contributed by atoms with Gasteiger partial charge in [-0.2, -0.15) is 0 Å². The summed E-state index contributed by atoms with van der Waals surface area (Å²) in [6.45, 7) is 4.24. The maximum absolute atomic E-state index is 12.7. The molecule has 0 amide bonds. The van der Waals surface area contributed by atoms with E-state index >= 15 is 0 Å². The maximum atomic E-state index is 12.7. The van der Waals surface area contributed by atoms with Gasteiger partial charge in [-0.3, -0.25) is 9.59 Å². The van der Waals surface area contributed by atoms with Crippen LogP contribution < -0.4 is 5.32 Å². The molecular weight excluding hydrogens is 346 g/mol. The van der Waals surface area contributed by atoms with Gasteiger partial charge in [0.1, 0.15) is 0 Å². The van der Waals surface area contributed by atoms with Crippen molar-refractivity contribution in [3.63, 3.8) is 0 Å². The number of hydrogen-bond acceptors (Lipinski definition) is 3. The number of nitrogens with one attached hydrogen (secondary N) is 1. The number of carbonyl (C=O) groups excluding carboxylic acids is 2. The number of rotatable bonds is 7. The number of benzene rings is 3. The van der Waals surface area contributed by atoms with Gasteiger partial charge in [-0.15, -0.1) is 0 Å². The van der Waals surface area contributed by atoms with Crippen molar-refractivity contribution >= 4 is 17.3 Å². The van der Waals surface area contributed by atoms with Crippen LogP contribution in [0, 0.1) is 0 Å². The van der Waals surface area contributed by atoms with Crippen molar-refractivity contribution in [2.45, 2.75) is 19.8 Å². The highest BCUT2D eigenvalue weighted by atomic mass is 16.1. The van der Waals surface area contributed by atoms with Crippen LogP contribution in [0.15, 0.2) is 91.1 Å². The minimum Gasteiger partial charge on any atom is -0.361 e. The highest BCUT2D eigenvalue weighted by molar-refractivity contribution is 6.12. The predicted molar refractivity (Wildman–Crippen MR) is 114 cm³/mol. The van der Waals surface area contributed by atoms with Gasteiger partial charge in [-0.25, -0.2) is 0 Å². The summed E-state index contributed by atoms with van der Waals surface area (Å²) in [6.07, 6.45) is 3.06. The average molecular weight is 369 g/mol. The van der Waals surface area contributed by atoms with Crippen molar-refractivity contribution in [2.24, 2.45) is 0 Å². The SMILES string of the molecule is CC(C)c1ccc(C(=O)/C=C/Nc2ccccc2C(=O)c2ccccc2)cc1. The number of allylic oxidation sites excluding steroid dienone is 1. The lowest BCUT2D eigenvalue weighted by Gasteiger charge is -2.08. The first-order chi connectivity index (χ1) is 13.6. The predicted octanol–water partition coefficient (Wildman–Crippen LogP) is 5.85. The Hall–Kier alpha value is -3.46. The van der Waals surface area contributed by atoms with E-state index in [0.29, 0.717) is 28.3 Å². The molecule has 0 bridgehead atoms. The van der Waals surface area contributed by atoms with E-state index in [1.165, 1.54) is 11.6 Å². The van der Waals surface area contributed by atoms with Crippen LogP contribution in [0.2, 0.25) is 0 Å². The van der Waals surface area contributed by atoms with E-state index in [2.05, 4.69) is 19.2 Å². The first-order valence-electron chi connectivity index (χ1n) is 9.32. The Bertz CT molecular complexity index is 987. The second kappa shape index (κ2) is 8.96. The van der Waals surface area contributed by atoms with Crippen LogP contribution in [0.25, 0.3) is 0 Å². The van der Waals surface area contributed by atoms with Crippen LogP contribution in [0.3, 0.4) is 0 Å². The fourth-order valence-corrected chi connectivity index (χ4v) is 2.89. The van der Waals surface area contributed by atoms with E-state index in [1.54, 1.807) is 24.4 Å². The van der Waals surface area contributed by atoms with E-state index in [1.807, 2.05) is 60.7 Å². The Kier molecular flexibility index (Phi) is 6.18. The van der Waals surface area contributed by atoms with E-state index in [0.717, 1.165) is 0 Å².